The van der Waals surface area contributed by atoms with Crippen LogP contribution in [0.25, 0.3) is 10.9 Å². The molecule has 2 heterocycles. The van der Waals surface area contributed by atoms with Crippen LogP contribution in [0.4, 0.5) is 13.2 Å². The summed E-state index contributed by atoms with van der Waals surface area (Å²) in [6, 6.07) is 15.5. The number of hydrogen-bond acceptors (Lipinski definition) is 4. The molecule has 0 aliphatic heterocycles. The minimum Gasteiger partial charge on any atom is -0.346 e. The first-order valence-electron chi connectivity index (χ1n) is 11.8. The van der Waals surface area contributed by atoms with Gasteiger partial charge in [-0.15, -0.1) is 0 Å². The lowest BCUT2D eigenvalue weighted by molar-refractivity contribution is -0.137. The van der Waals surface area contributed by atoms with E-state index in [1.165, 1.54) is 24.4 Å². The van der Waals surface area contributed by atoms with E-state index in [2.05, 4.69) is 14.9 Å². The fourth-order valence-electron chi connectivity index (χ4n) is 4.15. The number of fused-ring (bicyclic) bond motifs is 1. The van der Waals surface area contributed by atoms with E-state index >= 15 is 0 Å². The fraction of sp³-hybridized carbons (Fsp3) is 0.259. The molecular formula is C27H26F3N3O3S. The minimum atomic E-state index is -4.37. The van der Waals surface area contributed by atoms with E-state index in [4.69, 9.17) is 0 Å². The Morgan fingerprint density at radius 1 is 1.00 bits per heavy atom. The number of pyridine rings is 1. The largest absolute Gasteiger partial charge is 0.416 e. The topological polar surface area (TPSA) is 81.1 Å². The first-order valence-corrected chi connectivity index (χ1v) is 13.4. The third-order valence-corrected chi connectivity index (χ3v) is 7.92. The molecule has 2 aromatic carbocycles. The fourth-order valence-corrected chi connectivity index (χ4v) is 4.97. The van der Waals surface area contributed by atoms with Crippen molar-refractivity contribution in [2.45, 2.75) is 44.4 Å². The molecule has 4 aromatic rings. The normalized spacial score (nSPS) is 12.1. The third kappa shape index (κ3) is 5.85. The molecule has 0 unspecified atom stereocenters. The van der Waals surface area contributed by atoms with Gasteiger partial charge in [-0.2, -0.15) is 13.2 Å². The summed E-state index contributed by atoms with van der Waals surface area (Å²) in [5.41, 5.74) is 2.91. The van der Waals surface area contributed by atoms with Gasteiger partial charge in [-0.3, -0.25) is 9.78 Å². The lowest BCUT2D eigenvalue weighted by Gasteiger charge is -2.10. The lowest BCUT2D eigenvalue weighted by Crippen LogP contribution is -2.23. The van der Waals surface area contributed by atoms with Gasteiger partial charge in [0.2, 0.25) is 0 Å². The Morgan fingerprint density at radius 3 is 2.32 bits per heavy atom. The zero-order valence-corrected chi connectivity index (χ0v) is 21.2. The van der Waals surface area contributed by atoms with Crippen molar-refractivity contribution in [3.05, 3.63) is 94.9 Å². The van der Waals surface area contributed by atoms with Crippen molar-refractivity contribution in [1.29, 1.82) is 0 Å². The SMILES string of the molecule is CCn1c(Cc2ccc(C(F)(F)F)cc2)cc2cc(C(=O)NCc3ccc(S(=O)(=O)CC)cn3)ccc21. The van der Waals surface area contributed by atoms with Crippen molar-refractivity contribution >= 4 is 26.6 Å². The summed E-state index contributed by atoms with van der Waals surface area (Å²) in [6.07, 6.45) is -2.63. The molecular weight excluding hydrogens is 503 g/mol. The average Bonchev–Trinajstić information content (AvgIpc) is 3.23. The molecule has 0 spiro atoms. The number of benzene rings is 2. The molecule has 0 saturated heterocycles. The smallest absolute Gasteiger partial charge is 0.346 e. The molecule has 194 valence electrons. The van der Waals surface area contributed by atoms with E-state index in [-0.39, 0.29) is 23.1 Å². The highest BCUT2D eigenvalue weighted by Crippen LogP contribution is 2.30. The molecule has 1 N–H and O–H groups in total. The van der Waals surface area contributed by atoms with Gasteiger partial charge in [-0.1, -0.05) is 19.1 Å². The van der Waals surface area contributed by atoms with Gasteiger partial charge in [-0.25, -0.2) is 8.42 Å². The average molecular weight is 530 g/mol. The van der Waals surface area contributed by atoms with Gasteiger partial charge in [0.05, 0.1) is 28.5 Å². The van der Waals surface area contributed by atoms with Crippen LogP contribution in [0.1, 0.15) is 46.7 Å². The number of aromatic nitrogens is 2. The molecule has 4 rings (SSSR count). The number of carbonyl (C=O) groups is 1. The summed E-state index contributed by atoms with van der Waals surface area (Å²) in [4.78, 5) is 17.0. The number of nitrogens with one attached hydrogen (secondary N) is 1. The first kappa shape index (κ1) is 26.4. The van der Waals surface area contributed by atoms with Crippen LogP contribution in [0.2, 0.25) is 0 Å². The van der Waals surface area contributed by atoms with E-state index < -0.39 is 21.6 Å². The van der Waals surface area contributed by atoms with Gasteiger partial charge in [-0.05, 0) is 61.0 Å². The predicted octanol–water partition coefficient (Wildman–Crippen LogP) is 5.39. The van der Waals surface area contributed by atoms with Crippen molar-refractivity contribution in [3.8, 4) is 0 Å². The van der Waals surface area contributed by atoms with Gasteiger partial charge >= 0.3 is 6.18 Å². The van der Waals surface area contributed by atoms with Crippen LogP contribution >= 0.6 is 0 Å². The highest BCUT2D eigenvalue weighted by molar-refractivity contribution is 7.91. The molecule has 0 saturated carbocycles. The predicted molar refractivity (Wildman–Crippen MR) is 135 cm³/mol. The van der Waals surface area contributed by atoms with Crippen molar-refractivity contribution in [2.24, 2.45) is 0 Å². The Kier molecular flexibility index (Phi) is 7.40. The molecule has 37 heavy (non-hydrogen) atoms. The van der Waals surface area contributed by atoms with Crippen molar-refractivity contribution in [3.63, 3.8) is 0 Å². The Morgan fingerprint density at radius 2 is 1.73 bits per heavy atom. The second-order valence-electron chi connectivity index (χ2n) is 8.60. The molecule has 10 heteroatoms. The number of carbonyl (C=O) groups excluding carboxylic acids is 1. The van der Waals surface area contributed by atoms with Crippen molar-refractivity contribution in [1.82, 2.24) is 14.9 Å². The maximum Gasteiger partial charge on any atom is 0.416 e. The summed E-state index contributed by atoms with van der Waals surface area (Å²) < 4.78 is 64.5. The molecule has 0 aliphatic rings. The summed E-state index contributed by atoms with van der Waals surface area (Å²) in [5.74, 6) is -0.318. The van der Waals surface area contributed by atoms with Crippen LogP contribution < -0.4 is 5.32 Å². The lowest BCUT2D eigenvalue weighted by atomic mass is 10.1. The number of aryl methyl sites for hydroxylation is 1. The number of sulfone groups is 1. The monoisotopic (exact) mass is 529 g/mol. The van der Waals surface area contributed by atoms with E-state index in [1.807, 2.05) is 19.1 Å². The first-order chi connectivity index (χ1) is 17.5. The van der Waals surface area contributed by atoms with Crippen LogP contribution in [0.5, 0.6) is 0 Å². The molecule has 0 aliphatic carbocycles. The van der Waals surface area contributed by atoms with Crippen LogP contribution in [0.3, 0.4) is 0 Å². The second-order valence-corrected chi connectivity index (χ2v) is 10.9. The van der Waals surface area contributed by atoms with Gasteiger partial charge in [0.25, 0.3) is 5.91 Å². The van der Waals surface area contributed by atoms with Gasteiger partial charge < -0.3 is 9.88 Å². The summed E-state index contributed by atoms with van der Waals surface area (Å²) in [5, 5.41) is 3.65. The van der Waals surface area contributed by atoms with Crippen LogP contribution in [0.15, 0.2) is 71.8 Å². The van der Waals surface area contributed by atoms with E-state index in [0.29, 0.717) is 24.2 Å². The molecule has 2 aromatic heterocycles. The van der Waals surface area contributed by atoms with E-state index in [1.54, 1.807) is 25.1 Å². The number of amides is 1. The van der Waals surface area contributed by atoms with Gasteiger partial charge in [0.1, 0.15) is 0 Å². The molecule has 0 radical (unpaired) electrons. The summed E-state index contributed by atoms with van der Waals surface area (Å²) in [6.45, 7) is 4.35. The third-order valence-electron chi connectivity index (χ3n) is 6.20. The molecule has 0 fully saturated rings. The minimum absolute atomic E-state index is 0.0148. The molecule has 0 bridgehead atoms. The zero-order chi connectivity index (χ0) is 26.8. The Labute approximate surface area is 213 Å². The van der Waals surface area contributed by atoms with Crippen LogP contribution in [-0.2, 0) is 35.5 Å². The van der Waals surface area contributed by atoms with E-state index in [0.717, 1.165) is 34.3 Å². The number of rotatable bonds is 8. The number of nitrogens with zero attached hydrogens (tertiary/aromatic N) is 2. The number of halogens is 3. The zero-order valence-electron chi connectivity index (χ0n) is 20.3. The summed E-state index contributed by atoms with van der Waals surface area (Å²) >= 11 is 0. The Hall–Kier alpha value is -3.66. The summed E-state index contributed by atoms with van der Waals surface area (Å²) in [7, 11) is -3.34. The van der Waals surface area contributed by atoms with E-state index in [9.17, 15) is 26.4 Å². The van der Waals surface area contributed by atoms with Crippen molar-refractivity contribution in [2.75, 3.05) is 5.75 Å². The van der Waals surface area contributed by atoms with Crippen LogP contribution in [0, 0.1) is 0 Å². The standard InChI is InChI=1S/C27H26F3N3O3S/c1-3-33-23(13-18-5-8-21(9-6-18)27(28,29)30)15-20-14-19(7-12-25(20)33)26(34)32-16-22-10-11-24(17-31-22)37(35,36)4-2/h5-12,14-15,17H,3-4,13,16H2,1-2H3,(H,32,34). The molecule has 1 amide bonds. The molecule has 0 atom stereocenters. The maximum absolute atomic E-state index is 12.9. The number of hydrogen-bond donors (Lipinski definition) is 1. The number of alkyl halides is 3. The van der Waals surface area contributed by atoms with Gasteiger partial charge in [0.15, 0.2) is 9.84 Å². The maximum atomic E-state index is 12.9. The highest BCUT2D eigenvalue weighted by atomic mass is 32.2. The second kappa shape index (κ2) is 10.4. The highest BCUT2D eigenvalue weighted by Gasteiger charge is 2.30. The Balaban J connectivity index is 1.49. The Bertz CT molecular complexity index is 1530. The van der Waals surface area contributed by atoms with Gasteiger partial charge in [0, 0.05) is 41.3 Å². The van der Waals surface area contributed by atoms with Crippen molar-refractivity contribution < 1.29 is 26.4 Å². The molecule has 6 nitrogen and oxygen atoms in total. The quantitative estimate of drug-likeness (QED) is 0.332. The van der Waals surface area contributed by atoms with Crippen LogP contribution in [-0.4, -0.2) is 29.6 Å².